The van der Waals surface area contributed by atoms with Crippen LogP contribution in [0.3, 0.4) is 0 Å². The van der Waals surface area contributed by atoms with Gasteiger partial charge in [-0.25, -0.2) is 0 Å². The molecule has 0 aliphatic carbocycles. The van der Waals surface area contributed by atoms with Gasteiger partial charge >= 0.3 is 0 Å². The Morgan fingerprint density at radius 2 is 2.07 bits per heavy atom. The van der Waals surface area contributed by atoms with Gasteiger partial charge in [-0.1, -0.05) is 5.11 Å². The fourth-order valence-corrected chi connectivity index (χ4v) is 4.33. The van der Waals surface area contributed by atoms with E-state index in [0.717, 1.165) is 63.2 Å². The minimum atomic E-state index is 0.153. The van der Waals surface area contributed by atoms with E-state index in [4.69, 9.17) is 5.53 Å². The Kier molecular flexibility index (Phi) is 7.28. The highest BCUT2D eigenvalue weighted by atomic mass is 32.1. The molecule has 2 aromatic heterocycles. The zero-order chi connectivity index (χ0) is 19.8. The van der Waals surface area contributed by atoms with Crippen molar-refractivity contribution in [3.63, 3.8) is 0 Å². The Hall–Kier alpha value is -2.57. The van der Waals surface area contributed by atoms with E-state index >= 15 is 0 Å². The van der Waals surface area contributed by atoms with Gasteiger partial charge in [0.1, 0.15) is 0 Å². The molecule has 28 heavy (non-hydrogen) atoms. The van der Waals surface area contributed by atoms with Crippen LogP contribution in [0.4, 0.5) is 5.69 Å². The predicted octanol–water partition coefficient (Wildman–Crippen LogP) is 3.84. The van der Waals surface area contributed by atoms with Gasteiger partial charge in [-0.3, -0.25) is 9.78 Å². The van der Waals surface area contributed by atoms with Crippen molar-refractivity contribution < 1.29 is 4.79 Å². The second-order valence-electron chi connectivity index (χ2n) is 6.98. The van der Waals surface area contributed by atoms with Crippen molar-refractivity contribution in [2.24, 2.45) is 5.11 Å². The van der Waals surface area contributed by atoms with Crippen LogP contribution < -0.4 is 4.90 Å². The van der Waals surface area contributed by atoms with Crippen molar-refractivity contribution in [2.45, 2.75) is 32.6 Å². The number of piperazine rings is 1. The fourth-order valence-electron chi connectivity index (χ4n) is 3.36. The van der Waals surface area contributed by atoms with Crippen molar-refractivity contribution in [1.82, 2.24) is 9.88 Å². The lowest BCUT2D eigenvalue weighted by Crippen LogP contribution is -2.48. The fraction of sp³-hybridized carbons (Fsp3) is 0.500. The van der Waals surface area contributed by atoms with E-state index in [-0.39, 0.29) is 5.91 Å². The van der Waals surface area contributed by atoms with Gasteiger partial charge in [-0.2, -0.15) is 0 Å². The van der Waals surface area contributed by atoms with Gasteiger partial charge in [-0.05, 0) is 60.4 Å². The van der Waals surface area contributed by atoms with Crippen molar-refractivity contribution in [3.8, 4) is 0 Å². The molecule has 0 saturated carbocycles. The molecular formula is C20H26N6OS. The first kappa shape index (κ1) is 20.2. The Labute approximate surface area is 169 Å². The third-order valence-corrected chi connectivity index (χ3v) is 6.07. The first-order valence-corrected chi connectivity index (χ1v) is 10.6. The summed E-state index contributed by atoms with van der Waals surface area (Å²) in [5.41, 5.74) is 11.9. The molecule has 1 aliphatic rings. The second-order valence-corrected chi connectivity index (χ2v) is 7.98. The Balaban J connectivity index is 1.45. The molecule has 1 saturated heterocycles. The van der Waals surface area contributed by atoms with Crippen LogP contribution in [-0.2, 0) is 24.1 Å². The summed E-state index contributed by atoms with van der Waals surface area (Å²) < 4.78 is 0. The average molecular weight is 399 g/mol. The Morgan fingerprint density at radius 3 is 2.75 bits per heavy atom. The van der Waals surface area contributed by atoms with Crippen molar-refractivity contribution in [3.05, 3.63) is 56.4 Å². The highest BCUT2D eigenvalue weighted by molar-refractivity contribution is 7.10. The lowest BCUT2D eigenvalue weighted by molar-refractivity contribution is -0.129. The van der Waals surface area contributed by atoms with Crippen LogP contribution in [0.1, 0.15) is 29.5 Å². The molecule has 0 atom stereocenters. The van der Waals surface area contributed by atoms with Crippen molar-refractivity contribution >= 4 is 22.9 Å². The van der Waals surface area contributed by atoms with E-state index in [2.05, 4.69) is 43.5 Å². The maximum atomic E-state index is 11.4. The van der Waals surface area contributed by atoms with E-state index in [1.54, 1.807) is 18.3 Å². The number of anilines is 1. The zero-order valence-corrected chi connectivity index (χ0v) is 17.1. The van der Waals surface area contributed by atoms with Gasteiger partial charge in [0, 0.05) is 55.1 Å². The van der Waals surface area contributed by atoms with E-state index in [0.29, 0.717) is 6.54 Å². The van der Waals surface area contributed by atoms with Gasteiger partial charge in [0.2, 0.25) is 5.91 Å². The molecule has 3 rings (SSSR count). The normalized spacial score (nSPS) is 14.0. The molecule has 8 heteroatoms. The van der Waals surface area contributed by atoms with Crippen LogP contribution in [0, 0.1) is 0 Å². The summed E-state index contributed by atoms with van der Waals surface area (Å²) in [6, 6.07) is 6.50. The highest BCUT2D eigenvalue weighted by Gasteiger charge is 2.18. The minimum absolute atomic E-state index is 0.153. The van der Waals surface area contributed by atoms with Gasteiger partial charge < -0.3 is 9.80 Å². The number of nitrogens with zero attached hydrogens (tertiary/aromatic N) is 6. The van der Waals surface area contributed by atoms with Gasteiger partial charge in [-0.15, -0.1) is 11.3 Å². The number of aromatic nitrogens is 1. The quantitative estimate of drug-likeness (QED) is 0.293. The summed E-state index contributed by atoms with van der Waals surface area (Å²) in [5, 5.41) is 5.79. The predicted molar refractivity (Wildman–Crippen MR) is 113 cm³/mol. The lowest BCUT2D eigenvalue weighted by atomic mass is 10.1. The SMILES string of the molecule is CC(=O)N1CCN(c2ccc(CCc3csc(CCCN=[N+]=[N-])c3)nc2)CC1. The number of azide groups is 1. The molecule has 148 valence electrons. The summed E-state index contributed by atoms with van der Waals surface area (Å²) in [5.74, 6) is 0.153. The highest BCUT2D eigenvalue weighted by Crippen LogP contribution is 2.19. The maximum absolute atomic E-state index is 11.4. The second kappa shape index (κ2) is 10.1. The number of rotatable bonds is 8. The molecule has 0 spiro atoms. The molecule has 0 N–H and O–H groups in total. The van der Waals surface area contributed by atoms with E-state index in [1.807, 2.05) is 11.1 Å². The Morgan fingerprint density at radius 1 is 1.25 bits per heavy atom. The third-order valence-electron chi connectivity index (χ3n) is 5.02. The third kappa shape index (κ3) is 5.71. The summed E-state index contributed by atoms with van der Waals surface area (Å²) in [4.78, 5) is 24.4. The van der Waals surface area contributed by atoms with Crippen LogP contribution in [0.5, 0.6) is 0 Å². The first-order chi connectivity index (χ1) is 13.7. The van der Waals surface area contributed by atoms with Crippen LogP contribution in [0.2, 0.25) is 0 Å². The monoisotopic (exact) mass is 398 g/mol. The van der Waals surface area contributed by atoms with Gasteiger partial charge in [0.15, 0.2) is 0 Å². The summed E-state index contributed by atoms with van der Waals surface area (Å²) >= 11 is 1.78. The standard InChI is InChI=1S/C20H26N6OS/c1-16(27)25-9-11-26(12-10-25)19-7-6-18(22-14-19)5-4-17-13-20(28-15-17)3-2-8-23-24-21/h6-7,13-15H,2-5,8-12H2,1H3. The molecule has 1 aliphatic heterocycles. The number of hydrogen-bond donors (Lipinski definition) is 0. The number of aryl methyl sites for hydroxylation is 3. The van der Waals surface area contributed by atoms with Crippen LogP contribution in [0.25, 0.3) is 10.4 Å². The molecule has 1 fully saturated rings. The summed E-state index contributed by atoms with van der Waals surface area (Å²) in [7, 11) is 0. The van der Waals surface area contributed by atoms with E-state index < -0.39 is 0 Å². The number of hydrogen-bond acceptors (Lipinski definition) is 5. The van der Waals surface area contributed by atoms with Crippen LogP contribution in [0.15, 0.2) is 34.9 Å². The molecule has 2 aromatic rings. The number of carbonyl (C=O) groups is 1. The number of amides is 1. The summed E-state index contributed by atoms with van der Waals surface area (Å²) in [6.45, 7) is 5.46. The molecular weight excluding hydrogens is 372 g/mol. The molecule has 3 heterocycles. The maximum Gasteiger partial charge on any atom is 0.219 e. The minimum Gasteiger partial charge on any atom is -0.367 e. The average Bonchev–Trinajstić information content (AvgIpc) is 3.18. The molecule has 0 bridgehead atoms. The lowest BCUT2D eigenvalue weighted by Gasteiger charge is -2.35. The molecule has 7 nitrogen and oxygen atoms in total. The van der Waals surface area contributed by atoms with Crippen molar-refractivity contribution in [2.75, 3.05) is 37.6 Å². The first-order valence-electron chi connectivity index (χ1n) is 9.68. The smallest absolute Gasteiger partial charge is 0.219 e. The number of pyridine rings is 1. The zero-order valence-electron chi connectivity index (χ0n) is 16.3. The van der Waals surface area contributed by atoms with E-state index in [9.17, 15) is 4.79 Å². The van der Waals surface area contributed by atoms with Crippen LogP contribution >= 0.6 is 11.3 Å². The summed E-state index contributed by atoms with van der Waals surface area (Å²) in [6.07, 6.45) is 5.72. The molecule has 0 aromatic carbocycles. The number of carbonyl (C=O) groups excluding carboxylic acids is 1. The van der Waals surface area contributed by atoms with Gasteiger partial charge in [0.25, 0.3) is 0 Å². The van der Waals surface area contributed by atoms with Crippen molar-refractivity contribution in [1.29, 1.82) is 0 Å². The Bertz CT molecular complexity index is 819. The molecule has 0 unspecified atom stereocenters. The number of thiophene rings is 1. The molecule has 1 amide bonds. The van der Waals surface area contributed by atoms with E-state index in [1.165, 1.54) is 10.4 Å². The van der Waals surface area contributed by atoms with Gasteiger partial charge in [0.05, 0.1) is 11.9 Å². The largest absolute Gasteiger partial charge is 0.367 e. The molecule has 0 radical (unpaired) electrons. The van der Waals surface area contributed by atoms with Crippen LogP contribution in [-0.4, -0.2) is 48.5 Å². The topological polar surface area (TPSA) is 85.2 Å².